The van der Waals surface area contributed by atoms with Crippen LogP contribution >= 0.6 is 0 Å². The maximum atomic E-state index is 11.2. The highest BCUT2D eigenvalue weighted by Gasteiger charge is 2.16. The number of hydrogen-bond donors (Lipinski definition) is 0. The van der Waals surface area contributed by atoms with Crippen LogP contribution in [0.5, 0.6) is 0 Å². The average Bonchev–Trinajstić information content (AvgIpc) is 3.01. The number of benzene rings is 1. The molecule has 3 nitrogen and oxygen atoms in total. The van der Waals surface area contributed by atoms with Gasteiger partial charge in [-0.2, -0.15) is 5.10 Å². The Morgan fingerprint density at radius 3 is 2.33 bits per heavy atom. The van der Waals surface area contributed by atoms with Crippen molar-refractivity contribution in [1.82, 2.24) is 9.78 Å². The third-order valence-electron chi connectivity index (χ3n) is 2.94. The van der Waals surface area contributed by atoms with Gasteiger partial charge in [0.1, 0.15) is 5.69 Å². The van der Waals surface area contributed by atoms with E-state index in [2.05, 4.69) is 5.10 Å². The zero-order chi connectivity index (χ0) is 12.8. The first-order valence-corrected chi connectivity index (χ1v) is 6.41. The van der Waals surface area contributed by atoms with Crippen molar-refractivity contribution in [2.75, 3.05) is 0 Å². The Bertz CT molecular complexity index is 454. The summed E-state index contributed by atoms with van der Waals surface area (Å²) < 4.78 is 1.95. The van der Waals surface area contributed by atoms with E-state index in [9.17, 15) is 4.79 Å². The third kappa shape index (κ3) is 3.06. The number of hydrogen-bond acceptors (Lipinski definition) is 2. The monoisotopic (exact) mass is 242 g/mol. The second kappa shape index (κ2) is 6.15. The molecule has 0 N–H and O–H groups in total. The van der Waals surface area contributed by atoms with Crippen LogP contribution in [-0.2, 0) is 13.0 Å². The van der Waals surface area contributed by atoms with E-state index < -0.39 is 0 Å². The van der Waals surface area contributed by atoms with Crippen LogP contribution in [0.4, 0.5) is 0 Å². The number of rotatable bonds is 2. The molecule has 1 aliphatic rings. The minimum absolute atomic E-state index is 0.150. The average molecular weight is 242 g/mol. The SMILES string of the molecule is CCC(=O)c1cc2n(n1)CCC2.c1ccccc1. The standard InChI is InChI=1S/C9H12N2O.C6H6/c1-2-9(12)8-6-7-4-3-5-11(7)10-8;1-2-4-6-5-3-1/h6H,2-5H2,1H3;1-6H. The molecule has 0 spiro atoms. The minimum Gasteiger partial charge on any atom is -0.292 e. The molecule has 3 heteroatoms. The number of nitrogens with zero attached hydrogens (tertiary/aromatic N) is 2. The number of fused-ring (bicyclic) bond motifs is 1. The highest BCUT2D eigenvalue weighted by atomic mass is 16.1. The van der Waals surface area contributed by atoms with Gasteiger partial charge < -0.3 is 0 Å². The lowest BCUT2D eigenvalue weighted by Crippen LogP contribution is -2.00. The third-order valence-corrected chi connectivity index (χ3v) is 2.94. The molecule has 0 saturated heterocycles. The lowest BCUT2D eigenvalue weighted by Gasteiger charge is -1.91. The molecule has 18 heavy (non-hydrogen) atoms. The summed E-state index contributed by atoms with van der Waals surface area (Å²) in [5.41, 5.74) is 1.86. The van der Waals surface area contributed by atoms with E-state index in [0.29, 0.717) is 12.1 Å². The lowest BCUT2D eigenvalue weighted by atomic mass is 10.2. The van der Waals surface area contributed by atoms with E-state index in [-0.39, 0.29) is 5.78 Å². The van der Waals surface area contributed by atoms with Crippen molar-refractivity contribution in [3.05, 3.63) is 53.9 Å². The van der Waals surface area contributed by atoms with Crippen molar-refractivity contribution in [2.24, 2.45) is 0 Å². The van der Waals surface area contributed by atoms with Crippen LogP contribution in [0.15, 0.2) is 42.5 Å². The fourth-order valence-electron chi connectivity index (χ4n) is 1.96. The molecular formula is C15H18N2O. The molecule has 1 aromatic carbocycles. The van der Waals surface area contributed by atoms with Gasteiger partial charge in [-0.05, 0) is 18.9 Å². The Balaban J connectivity index is 0.000000169. The van der Waals surface area contributed by atoms with Crippen molar-refractivity contribution < 1.29 is 4.79 Å². The van der Waals surface area contributed by atoms with Gasteiger partial charge in [0.2, 0.25) is 0 Å². The van der Waals surface area contributed by atoms with Gasteiger partial charge in [0, 0.05) is 18.7 Å². The summed E-state index contributed by atoms with van der Waals surface area (Å²) >= 11 is 0. The first kappa shape index (κ1) is 12.6. The molecule has 0 unspecified atom stereocenters. The zero-order valence-electron chi connectivity index (χ0n) is 10.7. The maximum absolute atomic E-state index is 11.2. The summed E-state index contributed by atoms with van der Waals surface area (Å²) in [5, 5.41) is 4.23. The van der Waals surface area contributed by atoms with Crippen LogP contribution in [0, 0.1) is 0 Å². The van der Waals surface area contributed by atoms with E-state index in [1.165, 1.54) is 12.1 Å². The first-order valence-electron chi connectivity index (χ1n) is 6.41. The number of aryl methyl sites for hydroxylation is 2. The smallest absolute Gasteiger partial charge is 0.182 e. The van der Waals surface area contributed by atoms with Crippen molar-refractivity contribution in [3.63, 3.8) is 0 Å². The van der Waals surface area contributed by atoms with Gasteiger partial charge in [-0.3, -0.25) is 9.48 Å². The van der Waals surface area contributed by atoms with Gasteiger partial charge in [-0.15, -0.1) is 0 Å². The minimum atomic E-state index is 0.150. The van der Waals surface area contributed by atoms with Crippen LogP contribution in [0.3, 0.4) is 0 Å². The summed E-state index contributed by atoms with van der Waals surface area (Å²) in [5.74, 6) is 0.150. The highest BCUT2D eigenvalue weighted by Crippen LogP contribution is 2.15. The fourth-order valence-corrected chi connectivity index (χ4v) is 1.96. The molecule has 0 bridgehead atoms. The first-order chi connectivity index (χ1) is 8.81. The lowest BCUT2D eigenvalue weighted by molar-refractivity contribution is 0.0982. The molecule has 0 saturated carbocycles. The van der Waals surface area contributed by atoms with Crippen LogP contribution in [-0.4, -0.2) is 15.6 Å². The number of aromatic nitrogens is 2. The van der Waals surface area contributed by atoms with E-state index in [4.69, 9.17) is 0 Å². The van der Waals surface area contributed by atoms with E-state index >= 15 is 0 Å². The number of carbonyl (C=O) groups excluding carboxylic acids is 1. The van der Waals surface area contributed by atoms with Crippen LogP contribution in [0.2, 0.25) is 0 Å². The van der Waals surface area contributed by atoms with Gasteiger partial charge in [-0.1, -0.05) is 43.3 Å². The van der Waals surface area contributed by atoms with Gasteiger partial charge >= 0.3 is 0 Å². The van der Waals surface area contributed by atoms with Crippen LogP contribution in [0.25, 0.3) is 0 Å². The Hall–Kier alpha value is -1.90. The van der Waals surface area contributed by atoms with Crippen molar-refractivity contribution >= 4 is 5.78 Å². The predicted molar refractivity (Wildman–Crippen MR) is 71.6 cm³/mol. The summed E-state index contributed by atoms with van der Waals surface area (Å²) in [7, 11) is 0. The molecule has 0 fully saturated rings. The van der Waals surface area contributed by atoms with Gasteiger partial charge in [0.25, 0.3) is 0 Å². The molecule has 3 rings (SSSR count). The Labute approximate surface area is 107 Å². The number of Topliss-reactive ketones (excluding diaryl/α,β-unsaturated/α-hetero) is 1. The van der Waals surface area contributed by atoms with Gasteiger partial charge in [0.05, 0.1) is 0 Å². The Kier molecular flexibility index (Phi) is 4.29. The van der Waals surface area contributed by atoms with Gasteiger partial charge in [-0.25, -0.2) is 0 Å². The van der Waals surface area contributed by atoms with Crippen molar-refractivity contribution in [2.45, 2.75) is 32.7 Å². The summed E-state index contributed by atoms with van der Waals surface area (Å²) in [6.07, 6.45) is 2.80. The molecule has 0 aliphatic carbocycles. The zero-order valence-corrected chi connectivity index (χ0v) is 10.7. The highest BCUT2D eigenvalue weighted by molar-refractivity contribution is 5.94. The predicted octanol–water partition coefficient (Wildman–Crippen LogP) is 3.11. The van der Waals surface area contributed by atoms with Crippen LogP contribution in [0.1, 0.15) is 35.9 Å². The second-order valence-corrected chi connectivity index (χ2v) is 4.28. The summed E-state index contributed by atoms with van der Waals surface area (Å²) in [6.45, 7) is 2.85. The molecule has 0 amide bonds. The number of ketones is 1. The summed E-state index contributed by atoms with van der Waals surface area (Å²) in [4.78, 5) is 11.2. The Morgan fingerprint density at radius 1 is 1.22 bits per heavy atom. The largest absolute Gasteiger partial charge is 0.292 e. The molecule has 94 valence electrons. The molecule has 1 aromatic heterocycles. The normalized spacial score (nSPS) is 12.5. The molecule has 1 aliphatic heterocycles. The van der Waals surface area contributed by atoms with E-state index in [0.717, 1.165) is 13.0 Å². The number of carbonyl (C=O) groups is 1. The quantitative estimate of drug-likeness (QED) is 0.758. The molecule has 2 aromatic rings. The second-order valence-electron chi connectivity index (χ2n) is 4.28. The van der Waals surface area contributed by atoms with Crippen molar-refractivity contribution in [3.8, 4) is 0 Å². The Morgan fingerprint density at radius 2 is 1.83 bits per heavy atom. The summed E-state index contributed by atoms with van der Waals surface area (Å²) in [6, 6.07) is 13.9. The molecule has 2 heterocycles. The molecule has 0 atom stereocenters. The fraction of sp³-hybridized carbons (Fsp3) is 0.333. The molecular weight excluding hydrogens is 224 g/mol. The topological polar surface area (TPSA) is 34.9 Å². The molecule has 0 radical (unpaired) electrons. The van der Waals surface area contributed by atoms with E-state index in [1.807, 2.05) is 54.1 Å². The van der Waals surface area contributed by atoms with Crippen molar-refractivity contribution in [1.29, 1.82) is 0 Å². The van der Waals surface area contributed by atoms with Gasteiger partial charge in [0.15, 0.2) is 5.78 Å². The van der Waals surface area contributed by atoms with Crippen LogP contribution < -0.4 is 0 Å². The maximum Gasteiger partial charge on any atom is 0.182 e. The van der Waals surface area contributed by atoms with E-state index in [1.54, 1.807) is 0 Å².